The van der Waals surface area contributed by atoms with Gasteiger partial charge in [0, 0.05) is 42.9 Å². The fraction of sp³-hybridized carbons (Fsp3) is 0.714. The van der Waals surface area contributed by atoms with Crippen molar-refractivity contribution in [2.24, 2.45) is 5.73 Å². The van der Waals surface area contributed by atoms with Crippen LogP contribution >= 0.6 is 47.9 Å². The van der Waals surface area contributed by atoms with Crippen LogP contribution in [0.3, 0.4) is 0 Å². The number of thiazole rings is 1. The number of nitrogens with zero attached hydrogens (tertiary/aromatic N) is 2. The average molecular weight is 415 g/mol. The summed E-state index contributed by atoms with van der Waals surface area (Å²) in [6.45, 7) is 4.52. The number of ether oxygens (including phenoxy) is 1. The van der Waals surface area contributed by atoms with Crippen LogP contribution in [0.25, 0.3) is 0 Å². The molecule has 24 heavy (non-hydrogen) atoms. The lowest BCUT2D eigenvalue weighted by atomic mass is 9.95. The Morgan fingerprint density at radius 2 is 2.17 bits per heavy atom. The van der Waals surface area contributed by atoms with Crippen molar-refractivity contribution in [3.63, 3.8) is 0 Å². The van der Waals surface area contributed by atoms with Gasteiger partial charge in [0.15, 0.2) is 0 Å². The van der Waals surface area contributed by atoms with E-state index in [0.29, 0.717) is 18.8 Å². The molecule has 1 aromatic heterocycles. The minimum absolute atomic E-state index is 0. The van der Waals surface area contributed by atoms with Crippen molar-refractivity contribution >= 4 is 53.8 Å². The first-order valence-corrected chi connectivity index (χ1v) is 9.60. The summed E-state index contributed by atoms with van der Waals surface area (Å²) in [6.07, 6.45) is 1.11. The predicted molar refractivity (Wildman–Crippen MR) is 104 cm³/mol. The highest BCUT2D eigenvalue weighted by Crippen LogP contribution is 2.33. The smallest absolute Gasteiger partial charge is 0.270 e. The van der Waals surface area contributed by atoms with E-state index < -0.39 is 0 Å². The van der Waals surface area contributed by atoms with Gasteiger partial charge in [0.25, 0.3) is 5.91 Å². The highest BCUT2D eigenvalue weighted by molar-refractivity contribution is 7.99. The van der Waals surface area contributed by atoms with Crippen LogP contribution in [0.5, 0.6) is 0 Å². The van der Waals surface area contributed by atoms with E-state index in [-0.39, 0.29) is 36.3 Å². The predicted octanol–water partition coefficient (Wildman–Crippen LogP) is 1.38. The number of morpholine rings is 1. The summed E-state index contributed by atoms with van der Waals surface area (Å²) in [4.78, 5) is 19.0. The quantitative estimate of drug-likeness (QED) is 0.757. The van der Waals surface area contributed by atoms with Crippen molar-refractivity contribution in [2.45, 2.75) is 18.5 Å². The number of nitrogens with one attached hydrogen (secondary N) is 1. The van der Waals surface area contributed by atoms with Gasteiger partial charge < -0.3 is 15.8 Å². The molecule has 0 radical (unpaired) electrons. The van der Waals surface area contributed by atoms with Crippen molar-refractivity contribution in [3.05, 3.63) is 16.1 Å². The molecule has 0 spiro atoms. The second-order valence-electron chi connectivity index (χ2n) is 5.64. The zero-order chi connectivity index (χ0) is 15.4. The minimum Gasteiger partial charge on any atom is -0.379 e. The molecule has 1 unspecified atom stereocenters. The maximum Gasteiger partial charge on any atom is 0.270 e. The molecule has 2 saturated heterocycles. The lowest BCUT2D eigenvalue weighted by Gasteiger charge is -2.43. The Morgan fingerprint density at radius 3 is 2.75 bits per heavy atom. The Bertz CT molecular complexity index is 521. The fourth-order valence-corrected chi connectivity index (χ4v) is 5.11. The largest absolute Gasteiger partial charge is 0.379 e. The first kappa shape index (κ1) is 22.0. The fourth-order valence-electron chi connectivity index (χ4n) is 2.98. The van der Waals surface area contributed by atoms with Gasteiger partial charge in [-0.25, -0.2) is 4.98 Å². The Balaban J connectivity index is 0.00000144. The van der Waals surface area contributed by atoms with Gasteiger partial charge >= 0.3 is 0 Å². The van der Waals surface area contributed by atoms with Gasteiger partial charge in [-0.15, -0.1) is 36.2 Å². The van der Waals surface area contributed by atoms with E-state index in [9.17, 15) is 4.79 Å². The third kappa shape index (κ3) is 4.97. The molecule has 0 bridgehead atoms. The second kappa shape index (κ2) is 10.2. The highest BCUT2D eigenvalue weighted by atomic mass is 35.5. The number of carbonyl (C=O) groups excluding carboxylic acids is 1. The molecule has 0 saturated carbocycles. The number of aromatic nitrogens is 1. The van der Waals surface area contributed by atoms with Crippen LogP contribution < -0.4 is 11.1 Å². The standard InChI is InChI=1S/C14H22N4O2S2.2ClH/c15-7-12-17-11(8-22-12)13(19)16-9-14(1-6-21-10-14)18-2-4-20-5-3-18;;/h8H,1-7,9-10,15H2,(H,16,19);2*1H. The van der Waals surface area contributed by atoms with E-state index in [4.69, 9.17) is 10.5 Å². The van der Waals surface area contributed by atoms with E-state index in [1.54, 1.807) is 5.38 Å². The summed E-state index contributed by atoms with van der Waals surface area (Å²) in [5, 5.41) is 5.66. The monoisotopic (exact) mass is 414 g/mol. The molecule has 2 fully saturated rings. The molecule has 2 aliphatic heterocycles. The summed E-state index contributed by atoms with van der Waals surface area (Å²) in [6, 6.07) is 0. The van der Waals surface area contributed by atoms with Gasteiger partial charge in [-0.2, -0.15) is 11.8 Å². The van der Waals surface area contributed by atoms with Gasteiger partial charge in [0.2, 0.25) is 0 Å². The summed E-state index contributed by atoms with van der Waals surface area (Å²) >= 11 is 3.40. The maximum atomic E-state index is 12.3. The molecule has 10 heteroatoms. The maximum absolute atomic E-state index is 12.3. The van der Waals surface area contributed by atoms with Crippen LogP contribution in [0, 0.1) is 0 Å². The molecule has 1 amide bonds. The number of halogens is 2. The number of nitrogens with two attached hydrogens (primary N) is 1. The average Bonchev–Trinajstić information content (AvgIpc) is 3.23. The number of amides is 1. The van der Waals surface area contributed by atoms with Crippen LogP contribution in [0.1, 0.15) is 21.9 Å². The Labute approximate surface area is 163 Å². The van der Waals surface area contributed by atoms with E-state index in [0.717, 1.165) is 49.2 Å². The van der Waals surface area contributed by atoms with Crippen LogP contribution in [0.4, 0.5) is 0 Å². The van der Waals surface area contributed by atoms with E-state index in [1.165, 1.54) is 11.3 Å². The lowest BCUT2D eigenvalue weighted by Crippen LogP contribution is -2.59. The molecule has 0 aromatic carbocycles. The molecule has 1 atom stereocenters. The zero-order valence-electron chi connectivity index (χ0n) is 13.4. The summed E-state index contributed by atoms with van der Waals surface area (Å²) in [5.41, 5.74) is 6.10. The number of carbonyl (C=O) groups is 1. The van der Waals surface area contributed by atoms with Crippen molar-refractivity contribution in [3.8, 4) is 0 Å². The van der Waals surface area contributed by atoms with Crippen LogP contribution in [0.2, 0.25) is 0 Å². The number of hydrogen-bond acceptors (Lipinski definition) is 7. The minimum atomic E-state index is -0.0968. The number of hydrogen-bond donors (Lipinski definition) is 2. The van der Waals surface area contributed by atoms with E-state index in [2.05, 4.69) is 15.2 Å². The second-order valence-corrected chi connectivity index (χ2v) is 7.69. The number of thioether (sulfide) groups is 1. The molecule has 2 aliphatic rings. The summed E-state index contributed by atoms with van der Waals surface area (Å²) in [5.74, 6) is 2.13. The number of rotatable bonds is 5. The first-order chi connectivity index (χ1) is 10.7. The van der Waals surface area contributed by atoms with Crippen molar-refractivity contribution < 1.29 is 9.53 Å². The zero-order valence-corrected chi connectivity index (χ0v) is 16.6. The van der Waals surface area contributed by atoms with Gasteiger partial charge in [0.1, 0.15) is 10.7 Å². The molecular weight excluding hydrogens is 391 g/mol. The lowest BCUT2D eigenvalue weighted by molar-refractivity contribution is -0.0129. The van der Waals surface area contributed by atoms with Crippen molar-refractivity contribution in [1.29, 1.82) is 0 Å². The summed E-state index contributed by atoms with van der Waals surface area (Å²) in [7, 11) is 0. The van der Waals surface area contributed by atoms with Gasteiger partial charge in [-0.05, 0) is 12.2 Å². The topological polar surface area (TPSA) is 80.5 Å². The van der Waals surface area contributed by atoms with Gasteiger partial charge in [-0.3, -0.25) is 9.69 Å². The third-order valence-electron chi connectivity index (χ3n) is 4.30. The molecule has 6 nitrogen and oxygen atoms in total. The molecule has 1 aromatic rings. The molecule has 0 aliphatic carbocycles. The Morgan fingerprint density at radius 1 is 1.42 bits per heavy atom. The molecular formula is C14H24Cl2N4O2S2. The SMILES string of the molecule is Cl.Cl.NCc1nc(C(=O)NCC2(N3CCOCC3)CCSC2)cs1. The highest BCUT2D eigenvalue weighted by Gasteiger charge is 2.40. The molecule has 138 valence electrons. The van der Waals surface area contributed by atoms with Crippen LogP contribution in [0.15, 0.2) is 5.38 Å². The summed E-state index contributed by atoms with van der Waals surface area (Å²) < 4.78 is 5.46. The molecule has 3 rings (SSSR count). The van der Waals surface area contributed by atoms with Crippen molar-refractivity contribution in [2.75, 3.05) is 44.4 Å². The van der Waals surface area contributed by atoms with E-state index in [1.807, 2.05) is 11.8 Å². The normalized spacial score (nSPS) is 24.0. The van der Waals surface area contributed by atoms with Gasteiger partial charge in [0.05, 0.1) is 13.2 Å². The first-order valence-electron chi connectivity index (χ1n) is 7.57. The molecule has 3 heterocycles. The third-order valence-corrected chi connectivity index (χ3v) is 6.41. The van der Waals surface area contributed by atoms with Crippen LogP contribution in [-0.4, -0.2) is 65.7 Å². The van der Waals surface area contributed by atoms with Crippen LogP contribution in [-0.2, 0) is 11.3 Å². The van der Waals surface area contributed by atoms with Gasteiger partial charge in [-0.1, -0.05) is 0 Å². The van der Waals surface area contributed by atoms with E-state index >= 15 is 0 Å². The Kier molecular flexibility index (Phi) is 9.29. The van der Waals surface area contributed by atoms with Crippen molar-refractivity contribution in [1.82, 2.24) is 15.2 Å². The Hall–Kier alpha value is -0.0900. The molecule has 3 N–H and O–H groups in total.